The highest BCUT2D eigenvalue weighted by atomic mass is 32.2. The fraction of sp³-hybridized carbons (Fsp3) is 0.250. The molecule has 10 heteroatoms. The summed E-state index contributed by atoms with van der Waals surface area (Å²) in [6.07, 6.45) is 2.31. The Labute approximate surface area is 206 Å². The number of carbonyl (C=O) groups excluding carboxylic acids is 3. The Morgan fingerprint density at radius 1 is 1.03 bits per heavy atom. The minimum Gasteiger partial charge on any atom is -0.484 e. The van der Waals surface area contributed by atoms with Crippen LogP contribution >= 0.6 is 23.1 Å². The maximum atomic E-state index is 12.7. The molecular weight excluding hydrogens is 472 g/mol. The lowest BCUT2D eigenvalue weighted by Gasteiger charge is -2.18. The number of para-hydroxylation sites is 1. The van der Waals surface area contributed by atoms with Gasteiger partial charge in [0.25, 0.3) is 17.7 Å². The van der Waals surface area contributed by atoms with E-state index in [0.29, 0.717) is 28.5 Å². The Morgan fingerprint density at radius 2 is 1.71 bits per heavy atom. The van der Waals surface area contributed by atoms with Gasteiger partial charge >= 0.3 is 0 Å². The Bertz CT molecular complexity index is 1110. The fourth-order valence-corrected chi connectivity index (χ4v) is 4.42. The van der Waals surface area contributed by atoms with Crippen LogP contribution in [0.3, 0.4) is 0 Å². The van der Waals surface area contributed by atoms with Gasteiger partial charge in [-0.2, -0.15) is 11.8 Å². The van der Waals surface area contributed by atoms with Crippen molar-refractivity contribution < 1.29 is 19.1 Å². The number of carbonyl (C=O) groups is 3. The summed E-state index contributed by atoms with van der Waals surface area (Å²) < 4.78 is 5.44. The number of aromatic nitrogens is 1. The van der Waals surface area contributed by atoms with E-state index in [1.165, 1.54) is 11.3 Å². The van der Waals surface area contributed by atoms with Gasteiger partial charge in [-0.1, -0.05) is 48.5 Å². The second-order valence-corrected chi connectivity index (χ2v) is 9.23. The molecule has 1 atom stereocenters. The maximum absolute atomic E-state index is 12.7. The molecule has 3 rings (SSSR count). The van der Waals surface area contributed by atoms with Crippen molar-refractivity contribution in [1.82, 2.24) is 21.2 Å². The SMILES string of the molecule is CSCCC(NC(=O)COc1ccccc1)C(=O)NNC(=O)c1sc(-c2ccccc2)nc1C. The summed E-state index contributed by atoms with van der Waals surface area (Å²) in [5.74, 6) is -0.193. The topological polar surface area (TPSA) is 109 Å². The van der Waals surface area contributed by atoms with Crippen molar-refractivity contribution >= 4 is 40.8 Å². The van der Waals surface area contributed by atoms with Crippen LogP contribution in [-0.2, 0) is 9.59 Å². The molecule has 3 N–H and O–H groups in total. The highest BCUT2D eigenvalue weighted by Gasteiger charge is 2.22. The molecule has 0 spiro atoms. The van der Waals surface area contributed by atoms with Crippen LogP contribution in [0.4, 0.5) is 0 Å². The third-order valence-corrected chi connectivity index (χ3v) is 6.55. The minimum atomic E-state index is -0.818. The van der Waals surface area contributed by atoms with Crippen LogP contribution in [0.2, 0.25) is 0 Å². The Balaban J connectivity index is 1.56. The van der Waals surface area contributed by atoms with E-state index in [-0.39, 0.29) is 6.61 Å². The third-order valence-electron chi connectivity index (χ3n) is 4.70. The van der Waals surface area contributed by atoms with Gasteiger partial charge in [-0.05, 0) is 37.5 Å². The molecule has 0 bridgehead atoms. The standard InChI is InChI=1S/C24H26N4O4S2/c1-16-21(34-24(25-16)17-9-5-3-6-10-17)23(31)28-27-22(30)19(13-14-33-2)26-20(29)15-32-18-11-7-4-8-12-18/h3-12,19H,13-15H2,1-2H3,(H,26,29)(H,27,30)(H,28,31). The third kappa shape index (κ3) is 7.32. The van der Waals surface area contributed by atoms with Crippen LogP contribution in [-0.4, -0.2) is 47.4 Å². The summed E-state index contributed by atoms with van der Waals surface area (Å²) in [5, 5.41) is 3.39. The number of nitrogens with one attached hydrogen (secondary N) is 3. The van der Waals surface area contributed by atoms with Crippen molar-refractivity contribution in [3.05, 3.63) is 71.2 Å². The minimum absolute atomic E-state index is 0.220. The molecule has 0 aliphatic carbocycles. The molecule has 34 heavy (non-hydrogen) atoms. The van der Waals surface area contributed by atoms with Gasteiger partial charge in [0.1, 0.15) is 21.7 Å². The summed E-state index contributed by atoms with van der Waals surface area (Å²) in [5.41, 5.74) is 6.34. The molecule has 0 aliphatic heterocycles. The molecule has 1 unspecified atom stereocenters. The quantitative estimate of drug-likeness (QED) is 0.371. The Kier molecular flexibility index (Phi) is 9.48. The number of hydrogen-bond acceptors (Lipinski definition) is 7. The van der Waals surface area contributed by atoms with Crippen molar-refractivity contribution in [2.24, 2.45) is 0 Å². The predicted octanol–water partition coefficient (Wildman–Crippen LogP) is 3.20. The predicted molar refractivity (Wildman–Crippen MR) is 135 cm³/mol. The lowest BCUT2D eigenvalue weighted by Crippen LogP contribution is -2.53. The van der Waals surface area contributed by atoms with E-state index in [9.17, 15) is 14.4 Å². The number of hydrazine groups is 1. The summed E-state index contributed by atoms with van der Waals surface area (Å²) >= 11 is 2.80. The summed E-state index contributed by atoms with van der Waals surface area (Å²) in [7, 11) is 0. The molecule has 0 aliphatic rings. The molecule has 1 heterocycles. The molecule has 8 nitrogen and oxygen atoms in total. The van der Waals surface area contributed by atoms with Crippen molar-refractivity contribution in [1.29, 1.82) is 0 Å². The van der Waals surface area contributed by atoms with Gasteiger partial charge in [0, 0.05) is 5.56 Å². The molecule has 2 aromatic carbocycles. The molecule has 0 saturated carbocycles. The van der Waals surface area contributed by atoms with E-state index in [4.69, 9.17) is 4.74 Å². The number of hydrogen-bond donors (Lipinski definition) is 3. The van der Waals surface area contributed by atoms with Gasteiger partial charge in [0.15, 0.2) is 6.61 Å². The van der Waals surface area contributed by atoms with E-state index in [0.717, 1.165) is 10.6 Å². The molecular formula is C24H26N4O4S2. The molecule has 0 saturated heterocycles. The number of rotatable bonds is 10. The van der Waals surface area contributed by atoms with Gasteiger partial charge in [-0.25, -0.2) is 4.98 Å². The van der Waals surface area contributed by atoms with Crippen molar-refractivity contribution in [2.75, 3.05) is 18.6 Å². The second-order valence-electron chi connectivity index (χ2n) is 7.25. The smallest absolute Gasteiger partial charge is 0.281 e. The number of aryl methyl sites for hydroxylation is 1. The van der Waals surface area contributed by atoms with E-state index in [1.807, 2.05) is 42.7 Å². The number of amides is 3. The number of nitrogens with zero attached hydrogens (tertiary/aromatic N) is 1. The molecule has 1 aromatic heterocycles. The highest BCUT2D eigenvalue weighted by Crippen LogP contribution is 2.27. The van der Waals surface area contributed by atoms with Gasteiger partial charge in [0.05, 0.1) is 5.69 Å². The largest absolute Gasteiger partial charge is 0.484 e. The van der Waals surface area contributed by atoms with E-state index < -0.39 is 23.8 Å². The van der Waals surface area contributed by atoms with Gasteiger partial charge in [0.2, 0.25) is 0 Å². The molecule has 0 radical (unpaired) electrons. The van der Waals surface area contributed by atoms with Gasteiger partial charge in [-0.15, -0.1) is 11.3 Å². The number of benzene rings is 2. The zero-order valence-electron chi connectivity index (χ0n) is 18.9. The molecule has 3 amide bonds. The van der Waals surface area contributed by atoms with E-state index in [2.05, 4.69) is 21.2 Å². The first-order valence-electron chi connectivity index (χ1n) is 10.6. The zero-order chi connectivity index (χ0) is 24.3. The lowest BCUT2D eigenvalue weighted by atomic mass is 10.2. The first kappa shape index (κ1) is 25.3. The van der Waals surface area contributed by atoms with E-state index >= 15 is 0 Å². The van der Waals surface area contributed by atoms with Gasteiger partial charge in [-0.3, -0.25) is 25.2 Å². The van der Waals surface area contributed by atoms with Crippen LogP contribution in [0.1, 0.15) is 21.8 Å². The summed E-state index contributed by atoms with van der Waals surface area (Å²) in [6.45, 7) is 1.52. The number of thiazole rings is 1. The first-order valence-corrected chi connectivity index (χ1v) is 12.8. The van der Waals surface area contributed by atoms with E-state index in [1.54, 1.807) is 43.0 Å². The molecule has 178 valence electrons. The highest BCUT2D eigenvalue weighted by molar-refractivity contribution is 7.98. The fourth-order valence-electron chi connectivity index (χ4n) is 2.98. The Morgan fingerprint density at radius 3 is 2.38 bits per heavy atom. The molecule has 3 aromatic rings. The number of ether oxygens (including phenoxy) is 1. The van der Waals surface area contributed by atoms with Crippen LogP contribution < -0.4 is 20.9 Å². The normalized spacial score (nSPS) is 11.4. The Hall–Kier alpha value is -3.37. The average molecular weight is 499 g/mol. The van der Waals surface area contributed by atoms with Crippen molar-refractivity contribution in [2.45, 2.75) is 19.4 Å². The monoisotopic (exact) mass is 498 g/mol. The van der Waals surface area contributed by atoms with Crippen LogP contribution in [0, 0.1) is 6.92 Å². The summed E-state index contributed by atoms with van der Waals surface area (Å²) in [4.78, 5) is 42.6. The van der Waals surface area contributed by atoms with Crippen LogP contribution in [0.25, 0.3) is 10.6 Å². The van der Waals surface area contributed by atoms with Crippen LogP contribution in [0.5, 0.6) is 5.75 Å². The second kappa shape index (κ2) is 12.8. The maximum Gasteiger partial charge on any atom is 0.281 e. The van der Waals surface area contributed by atoms with Crippen molar-refractivity contribution in [3.63, 3.8) is 0 Å². The lowest BCUT2D eigenvalue weighted by molar-refractivity contribution is -0.130. The first-order chi connectivity index (χ1) is 16.5. The van der Waals surface area contributed by atoms with Crippen LogP contribution in [0.15, 0.2) is 60.7 Å². The molecule has 0 fully saturated rings. The number of thioether (sulfide) groups is 1. The van der Waals surface area contributed by atoms with Crippen molar-refractivity contribution in [3.8, 4) is 16.3 Å². The van der Waals surface area contributed by atoms with Gasteiger partial charge < -0.3 is 10.1 Å². The average Bonchev–Trinajstić information content (AvgIpc) is 3.26. The zero-order valence-corrected chi connectivity index (χ0v) is 20.5. The summed E-state index contributed by atoms with van der Waals surface area (Å²) in [6, 6.07) is 17.7.